The molecule has 0 radical (unpaired) electrons. The fourth-order valence-corrected chi connectivity index (χ4v) is 2.55. The van der Waals surface area contributed by atoms with Gasteiger partial charge in [0.1, 0.15) is 17.3 Å². The van der Waals surface area contributed by atoms with Crippen LogP contribution in [0.25, 0.3) is 0 Å². The first-order chi connectivity index (χ1) is 11.1. The van der Waals surface area contributed by atoms with Crippen LogP contribution in [0.1, 0.15) is 16.3 Å². The molecule has 0 saturated carbocycles. The molecule has 1 fully saturated rings. The third-order valence-corrected chi connectivity index (χ3v) is 3.83. The quantitative estimate of drug-likeness (QED) is 0.868. The molecule has 0 unspecified atom stereocenters. The Balaban J connectivity index is 1.88. The number of aromatic nitrogens is 2. The smallest absolute Gasteiger partial charge is 0.272 e. The first-order valence-electron chi connectivity index (χ1n) is 7.66. The molecule has 0 spiro atoms. The Bertz CT molecular complexity index is 684. The zero-order valence-electron chi connectivity index (χ0n) is 13.4. The molecular weight excluding hydrogens is 292 g/mol. The van der Waals surface area contributed by atoms with E-state index in [1.54, 1.807) is 17.9 Å². The number of hydrogen-bond acceptors (Lipinski definition) is 5. The molecule has 2 heterocycles. The molecular formula is C17H20N4O2. The fraction of sp³-hybridized carbons (Fsp3) is 0.353. The largest absolute Gasteiger partial charge is 0.378 e. The monoisotopic (exact) mass is 312 g/mol. The lowest BCUT2D eigenvalue weighted by atomic mass is 10.2. The maximum Gasteiger partial charge on any atom is 0.272 e. The number of benzene rings is 1. The highest BCUT2D eigenvalue weighted by atomic mass is 16.5. The maximum atomic E-state index is 12.6. The van der Waals surface area contributed by atoms with E-state index < -0.39 is 0 Å². The fourth-order valence-electron chi connectivity index (χ4n) is 2.55. The topological polar surface area (TPSA) is 58.6 Å². The van der Waals surface area contributed by atoms with Gasteiger partial charge in [-0.05, 0) is 19.1 Å². The second-order valence-electron chi connectivity index (χ2n) is 5.46. The summed E-state index contributed by atoms with van der Waals surface area (Å²) in [6, 6.07) is 11.7. The molecule has 3 rings (SSSR count). The van der Waals surface area contributed by atoms with Crippen molar-refractivity contribution < 1.29 is 9.53 Å². The van der Waals surface area contributed by atoms with E-state index in [-0.39, 0.29) is 5.91 Å². The molecule has 6 nitrogen and oxygen atoms in total. The van der Waals surface area contributed by atoms with Gasteiger partial charge in [-0.15, -0.1) is 0 Å². The van der Waals surface area contributed by atoms with Crippen molar-refractivity contribution in [1.29, 1.82) is 0 Å². The minimum Gasteiger partial charge on any atom is -0.378 e. The van der Waals surface area contributed by atoms with Gasteiger partial charge in [0.05, 0.1) is 13.2 Å². The summed E-state index contributed by atoms with van der Waals surface area (Å²) in [5, 5.41) is 0. The predicted molar refractivity (Wildman–Crippen MR) is 88.0 cm³/mol. The second kappa shape index (κ2) is 6.75. The Kier molecular flexibility index (Phi) is 4.52. The minimum atomic E-state index is -0.0680. The van der Waals surface area contributed by atoms with Gasteiger partial charge in [-0.3, -0.25) is 4.79 Å². The summed E-state index contributed by atoms with van der Waals surface area (Å²) in [6.07, 6.45) is 0. The summed E-state index contributed by atoms with van der Waals surface area (Å²) in [4.78, 5) is 25.1. The summed E-state index contributed by atoms with van der Waals surface area (Å²) in [6.45, 7) is 4.16. The standard InChI is InChI=1S/C17H20N4O2/c1-13-18-15(17(22)21-8-10-23-11-9-21)12-16(19-13)20(2)14-6-4-3-5-7-14/h3-7,12H,8-11H2,1-2H3. The van der Waals surface area contributed by atoms with Gasteiger partial charge in [-0.1, -0.05) is 18.2 Å². The van der Waals surface area contributed by atoms with Gasteiger partial charge in [0.2, 0.25) is 0 Å². The Hall–Kier alpha value is -2.47. The second-order valence-corrected chi connectivity index (χ2v) is 5.46. The molecule has 1 aliphatic heterocycles. The lowest BCUT2D eigenvalue weighted by Gasteiger charge is -2.27. The Labute approximate surface area is 135 Å². The van der Waals surface area contributed by atoms with Gasteiger partial charge in [-0.2, -0.15) is 0 Å². The molecule has 1 aliphatic rings. The molecule has 120 valence electrons. The maximum absolute atomic E-state index is 12.6. The van der Waals surface area contributed by atoms with E-state index in [1.165, 1.54) is 0 Å². The number of aryl methyl sites for hydroxylation is 1. The summed E-state index contributed by atoms with van der Waals surface area (Å²) >= 11 is 0. The highest BCUT2D eigenvalue weighted by Crippen LogP contribution is 2.22. The van der Waals surface area contributed by atoms with Gasteiger partial charge >= 0.3 is 0 Å². The number of amides is 1. The number of nitrogens with zero attached hydrogens (tertiary/aromatic N) is 4. The molecule has 0 aliphatic carbocycles. The van der Waals surface area contributed by atoms with Crippen LogP contribution < -0.4 is 4.90 Å². The van der Waals surface area contributed by atoms with Crippen molar-refractivity contribution in [3.8, 4) is 0 Å². The van der Waals surface area contributed by atoms with Crippen LogP contribution in [0.15, 0.2) is 36.4 Å². The van der Waals surface area contributed by atoms with Crippen molar-refractivity contribution in [2.24, 2.45) is 0 Å². The Morgan fingerprint density at radius 2 is 1.87 bits per heavy atom. The first kappa shape index (κ1) is 15.4. The number of rotatable bonds is 3. The van der Waals surface area contributed by atoms with Gasteiger partial charge in [0.15, 0.2) is 0 Å². The molecule has 1 aromatic carbocycles. The molecule has 0 atom stereocenters. The van der Waals surface area contributed by atoms with Crippen LogP contribution in [0, 0.1) is 6.92 Å². The first-order valence-corrected chi connectivity index (χ1v) is 7.66. The highest BCUT2D eigenvalue weighted by Gasteiger charge is 2.21. The van der Waals surface area contributed by atoms with E-state index in [9.17, 15) is 4.79 Å². The molecule has 6 heteroatoms. The van der Waals surface area contributed by atoms with Crippen LogP contribution in [0.4, 0.5) is 11.5 Å². The average Bonchev–Trinajstić information content (AvgIpc) is 2.61. The number of ether oxygens (including phenoxy) is 1. The summed E-state index contributed by atoms with van der Waals surface area (Å²) < 4.78 is 5.29. The third kappa shape index (κ3) is 3.48. The van der Waals surface area contributed by atoms with Gasteiger partial charge in [0, 0.05) is 31.9 Å². The van der Waals surface area contributed by atoms with Gasteiger partial charge in [-0.25, -0.2) is 9.97 Å². The molecule has 2 aromatic rings. The van der Waals surface area contributed by atoms with Gasteiger partial charge in [0.25, 0.3) is 5.91 Å². The number of carbonyl (C=O) groups excluding carboxylic acids is 1. The zero-order valence-corrected chi connectivity index (χ0v) is 13.4. The van der Waals surface area contributed by atoms with Crippen LogP contribution in [0.3, 0.4) is 0 Å². The normalized spacial score (nSPS) is 14.6. The van der Waals surface area contributed by atoms with Crippen LogP contribution in [-0.2, 0) is 4.74 Å². The summed E-state index contributed by atoms with van der Waals surface area (Å²) in [5.74, 6) is 1.23. The number of anilines is 2. The molecule has 1 amide bonds. The lowest BCUT2D eigenvalue weighted by Crippen LogP contribution is -2.41. The van der Waals surface area contributed by atoms with E-state index in [1.807, 2.05) is 42.3 Å². The molecule has 1 aromatic heterocycles. The average molecular weight is 312 g/mol. The number of morpholine rings is 1. The van der Waals surface area contributed by atoms with Crippen LogP contribution in [-0.4, -0.2) is 54.1 Å². The molecule has 0 bridgehead atoms. The molecule has 23 heavy (non-hydrogen) atoms. The van der Waals surface area contributed by atoms with Crippen molar-refractivity contribution in [2.75, 3.05) is 38.3 Å². The van der Waals surface area contributed by atoms with Crippen LogP contribution >= 0.6 is 0 Å². The van der Waals surface area contributed by atoms with E-state index in [2.05, 4.69) is 9.97 Å². The summed E-state index contributed by atoms with van der Waals surface area (Å²) in [7, 11) is 1.93. The highest BCUT2D eigenvalue weighted by molar-refractivity contribution is 5.93. The van der Waals surface area contributed by atoms with Gasteiger partial charge < -0.3 is 14.5 Å². The number of carbonyl (C=O) groups is 1. The van der Waals surface area contributed by atoms with Crippen LogP contribution in [0.2, 0.25) is 0 Å². The third-order valence-electron chi connectivity index (χ3n) is 3.83. The van der Waals surface area contributed by atoms with E-state index >= 15 is 0 Å². The van der Waals surface area contributed by atoms with Crippen molar-refractivity contribution in [1.82, 2.24) is 14.9 Å². The van der Waals surface area contributed by atoms with Crippen LogP contribution in [0.5, 0.6) is 0 Å². The predicted octanol–water partition coefficient (Wildman–Crippen LogP) is 2.03. The minimum absolute atomic E-state index is 0.0680. The molecule has 1 saturated heterocycles. The van der Waals surface area contributed by atoms with E-state index in [0.29, 0.717) is 43.6 Å². The van der Waals surface area contributed by atoms with E-state index in [4.69, 9.17) is 4.74 Å². The van der Waals surface area contributed by atoms with Crippen molar-refractivity contribution >= 4 is 17.4 Å². The molecule has 0 N–H and O–H groups in total. The lowest BCUT2D eigenvalue weighted by molar-refractivity contribution is 0.0299. The Morgan fingerprint density at radius 3 is 2.57 bits per heavy atom. The van der Waals surface area contributed by atoms with E-state index in [0.717, 1.165) is 5.69 Å². The zero-order chi connectivity index (χ0) is 16.2. The van der Waals surface area contributed by atoms with Crippen molar-refractivity contribution in [2.45, 2.75) is 6.92 Å². The number of hydrogen-bond donors (Lipinski definition) is 0. The van der Waals surface area contributed by atoms with Crippen molar-refractivity contribution in [3.63, 3.8) is 0 Å². The van der Waals surface area contributed by atoms with Crippen molar-refractivity contribution in [3.05, 3.63) is 47.9 Å². The number of para-hydroxylation sites is 1. The Morgan fingerprint density at radius 1 is 1.17 bits per heavy atom. The summed E-state index contributed by atoms with van der Waals surface area (Å²) in [5.41, 5.74) is 1.44. The SMILES string of the molecule is Cc1nc(C(=O)N2CCOCC2)cc(N(C)c2ccccc2)n1.